The minimum absolute atomic E-state index is 0.0756. The number of carbonyl (C=O) groups excluding carboxylic acids is 2. The maximum absolute atomic E-state index is 12.2. The number of hydrogen-bond donors (Lipinski definition) is 1. The van der Waals surface area contributed by atoms with Crippen LogP contribution in [0.5, 0.6) is 5.75 Å². The van der Waals surface area contributed by atoms with Gasteiger partial charge in [0.2, 0.25) is 0 Å². The van der Waals surface area contributed by atoms with Crippen LogP contribution < -0.4 is 10.1 Å². The van der Waals surface area contributed by atoms with Crippen LogP contribution in [0.2, 0.25) is 5.02 Å². The van der Waals surface area contributed by atoms with Gasteiger partial charge < -0.3 is 19.7 Å². The molecule has 0 bridgehead atoms. The number of halogens is 1. The van der Waals surface area contributed by atoms with Gasteiger partial charge in [-0.2, -0.15) is 0 Å². The summed E-state index contributed by atoms with van der Waals surface area (Å²) in [7, 11) is 0. The van der Waals surface area contributed by atoms with Crippen molar-refractivity contribution >= 4 is 29.1 Å². The predicted octanol–water partition coefficient (Wildman–Crippen LogP) is 3.98. The van der Waals surface area contributed by atoms with E-state index < -0.39 is 6.10 Å². The molecule has 1 atom stereocenters. The third-order valence-corrected chi connectivity index (χ3v) is 4.39. The molecule has 0 saturated carbocycles. The Labute approximate surface area is 167 Å². The zero-order chi connectivity index (χ0) is 20.4. The second-order valence-corrected chi connectivity index (χ2v) is 7.09. The Morgan fingerprint density at radius 1 is 1.19 bits per heavy atom. The van der Waals surface area contributed by atoms with Crippen molar-refractivity contribution in [1.29, 1.82) is 0 Å². The van der Waals surface area contributed by atoms with Crippen LogP contribution in [0.3, 0.4) is 0 Å². The highest BCUT2D eigenvalue weighted by Crippen LogP contribution is 2.28. The number of hydrogen-bond acceptors (Lipinski definition) is 4. The molecule has 6 nitrogen and oxygen atoms in total. The van der Waals surface area contributed by atoms with Gasteiger partial charge in [-0.25, -0.2) is 0 Å². The van der Waals surface area contributed by atoms with Crippen molar-refractivity contribution in [3.8, 4) is 5.75 Å². The van der Waals surface area contributed by atoms with E-state index in [0.717, 1.165) is 6.42 Å². The van der Waals surface area contributed by atoms with E-state index in [0.29, 0.717) is 42.1 Å². The van der Waals surface area contributed by atoms with Crippen molar-refractivity contribution in [1.82, 2.24) is 4.90 Å². The van der Waals surface area contributed by atoms with E-state index in [1.54, 1.807) is 30.0 Å². The molecule has 0 aliphatic carbocycles. The SMILES string of the molecule is CCN(CC)C(=O)COc1ccc(NC(=O)C(C)OCCC(C)C)cc1Cl. The molecule has 27 heavy (non-hydrogen) atoms. The number of benzene rings is 1. The fraction of sp³-hybridized carbons (Fsp3) is 0.600. The maximum atomic E-state index is 12.2. The summed E-state index contributed by atoms with van der Waals surface area (Å²) in [4.78, 5) is 25.9. The summed E-state index contributed by atoms with van der Waals surface area (Å²) < 4.78 is 11.0. The molecule has 1 aromatic rings. The molecule has 0 heterocycles. The van der Waals surface area contributed by atoms with Crippen LogP contribution >= 0.6 is 11.6 Å². The van der Waals surface area contributed by atoms with Gasteiger partial charge in [0.15, 0.2) is 6.61 Å². The lowest BCUT2D eigenvalue weighted by Crippen LogP contribution is -2.34. The monoisotopic (exact) mass is 398 g/mol. The summed E-state index contributed by atoms with van der Waals surface area (Å²) in [5.41, 5.74) is 0.548. The zero-order valence-corrected chi connectivity index (χ0v) is 17.6. The van der Waals surface area contributed by atoms with Crippen LogP contribution in [0.4, 0.5) is 5.69 Å². The Hall–Kier alpha value is -1.79. The van der Waals surface area contributed by atoms with Crippen LogP contribution in [0, 0.1) is 5.92 Å². The number of anilines is 1. The molecule has 1 aromatic carbocycles. The molecule has 1 rings (SSSR count). The molecule has 0 aromatic heterocycles. The van der Waals surface area contributed by atoms with Crippen molar-refractivity contribution in [2.75, 3.05) is 31.6 Å². The third kappa shape index (κ3) is 8.18. The minimum Gasteiger partial charge on any atom is -0.482 e. The van der Waals surface area contributed by atoms with Crippen molar-refractivity contribution in [2.24, 2.45) is 5.92 Å². The summed E-state index contributed by atoms with van der Waals surface area (Å²) in [6.07, 6.45) is 0.354. The number of carbonyl (C=O) groups is 2. The first kappa shape index (κ1) is 23.2. The molecule has 7 heteroatoms. The van der Waals surface area contributed by atoms with Gasteiger partial charge in [-0.3, -0.25) is 9.59 Å². The van der Waals surface area contributed by atoms with Gasteiger partial charge in [-0.1, -0.05) is 25.4 Å². The van der Waals surface area contributed by atoms with Crippen LogP contribution in [0.1, 0.15) is 41.0 Å². The van der Waals surface area contributed by atoms with E-state index in [2.05, 4.69) is 19.2 Å². The Morgan fingerprint density at radius 3 is 2.41 bits per heavy atom. The van der Waals surface area contributed by atoms with Gasteiger partial charge in [0.1, 0.15) is 11.9 Å². The second-order valence-electron chi connectivity index (χ2n) is 6.68. The van der Waals surface area contributed by atoms with E-state index in [-0.39, 0.29) is 18.4 Å². The lowest BCUT2D eigenvalue weighted by molar-refractivity contribution is -0.133. The van der Waals surface area contributed by atoms with Gasteiger partial charge in [0.25, 0.3) is 11.8 Å². The zero-order valence-electron chi connectivity index (χ0n) is 16.9. The van der Waals surface area contributed by atoms with Crippen molar-refractivity contribution in [2.45, 2.75) is 47.1 Å². The molecule has 0 aliphatic heterocycles. The van der Waals surface area contributed by atoms with E-state index in [4.69, 9.17) is 21.1 Å². The van der Waals surface area contributed by atoms with Crippen molar-refractivity contribution in [3.05, 3.63) is 23.2 Å². The molecule has 0 saturated heterocycles. The smallest absolute Gasteiger partial charge is 0.260 e. The number of amides is 2. The molecular weight excluding hydrogens is 368 g/mol. The van der Waals surface area contributed by atoms with E-state index >= 15 is 0 Å². The van der Waals surface area contributed by atoms with Crippen LogP contribution in [-0.4, -0.2) is 49.1 Å². The summed E-state index contributed by atoms with van der Waals surface area (Å²) >= 11 is 6.21. The quantitative estimate of drug-likeness (QED) is 0.612. The second kappa shape index (κ2) is 11.8. The molecule has 1 N–H and O–H groups in total. The molecule has 0 aliphatic rings. The average molecular weight is 399 g/mol. The fourth-order valence-electron chi connectivity index (χ4n) is 2.30. The summed E-state index contributed by atoms with van der Waals surface area (Å²) in [5, 5.41) is 3.10. The number of nitrogens with zero attached hydrogens (tertiary/aromatic N) is 1. The Bertz CT molecular complexity index is 618. The first-order chi connectivity index (χ1) is 12.8. The average Bonchev–Trinajstić information content (AvgIpc) is 2.61. The third-order valence-electron chi connectivity index (χ3n) is 4.10. The van der Waals surface area contributed by atoms with Gasteiger partial charge in [0.05, 0.1) is 5.02 Å². The standard InChI is InChI=1S/C20H31ClN2O4/c1-6-23(7-2)19(24)13-27-18-9-8-16(12-17(18)21)22-20(25)15(5)26-11-10-14(3)4/h8-9,12,14-15H,6-7,10-11,13H2,1-5H3,(H,22,25). The molecule has 0 spiro atoms. The lowest BCUT2D eigenvalue weighted by Gasteiger charge is -2.19. The van der Waals surface area contributed by atoms with Gasteiger partial charge in [-0.05, 0) is 51.3 Å². The Balaban J connectivity index is 2.57. The number of likely N-dealkylation sites (N-methyl/N-ethyl adjacent to an activating group) is 1. The minimum atomic E-state index is -0.551. The summed E-state index contributed by atoms with van der Waals surface area (Å²) in [6.45, 7) is 11.5. The number of rotatable bonds is 11. The van der Waals surface area contributed by atoms with Gasteiger partial charge >= 0.3 is 0 Å². The number of nitrogens with one attached hydrogen (secondary N) is 1. The highest BCUT2D eigenvalue weighted by molar-refractivity contribution is 6.32. The van der Waals surface area contributed by atoms with Gasteiger partial charge in [0, 0.05) is 25.4 Å². The largest absolute Gasteiger partial charge is 0.482 e. The molecule has 1 unspecified atom stereocenters. The van der Waals surface area contributed by atoms with Crippen LogP contribution in [0.15, 0.2) is 18.2 Å². The van der Waals surface area contributed by atoms with Crippen molar-refractivity contribution < 1.29 is 19.1 Å². The van der Waals surface area contributed by atoms with Crippen molar-refractivity contribution in [3.63, 3.8) is 0 Å². The highest BCUT2D eigenvalue weighted by Gasteiger charge is 2.15. The maximum Gasteiger partial charge on any atom is 0.260 e. The van der Waals surface area contributed by atoms with E-state index in [1.165, 1.54) is 0 Å². The van der Waals surface area contributed by atoms with Crippen LogP contribution in [0.25, 0.3) is 0 Å². The molecule has 152 valence electrons. The molecule has 0 radical (unpaired) electrons. The topological polar surface area (TPSA) is 67.9 Å². The van der Waals surface area contributed by atoms with E-state index in [9.17, 15) is 9.59 Å². The highest BCUT2D eigenvalue weighted by atomic mass is 35.5. The van der Waals surface area contributed by atoms with Crippen LogP contribution in [-0.2, 0) is 14.3 Å². The first-order valence-electron chi connectivity index (χ1n) is 9.41. The summed E-state index contributed by atoms with van der Waals surface area (Å²) in [6, 6.07) is 4.91. The van der Waals surface area contributed by atoms with E-state index in [1.807, 2.05) is 13.8 Å². The fourth-order valence-corrected chi connectivity index (χ4v) is 2.54. The first-order valence-corrected chi connectivity index (χ1v) is 9.78. The molecular formula is C20H31ClN2O4. The number of ether oxygens (including phenoxy) is 2. The lowest BCUT2D eigenvalue weighted by atomic mass is 10.1. The normalized spacial score (nSPS) is 12.0. The Morgan fingerprint density at radius 2 is 1.85 bits per heavy atom. The Kier molecular flexibility index (Phi) is 10.2. The summed E-state index contributed by atoms with van der Waals surface area (Å²) in [5.74, 6) is 0.595. The molecule has 2 amide bonds. The predicted molar refractivity (Wildman–Crippen MR) is 108 cm³/mol. The van der Waals surface area contributed by atoms with Gasteiger partial charge in [-0.15, -0.1) is 0 Å². The molecule has 0 fully saturated rings.